The number of thiophene rings is 2. The van der Waals surface area contributed by atoms with Gasteiger partial charge in [-0.1, -0.05) is 32.9 Å². The highest BCUT2D eigenvalue weighted by molar-refractivity contribution is 7.12. The average Bonchev–Trinajstić information content (AvgIpc) is 3.92. The standard InChI is InChI=1S/C28H39N3O4SSi.C22H25N3O4S/c1-27(2,3)35-26(33)30-17-23(24-12-11-22(36-24)18-34-37(7,8)28(4,5)6)25(32)31-21-10-9-20-16-29-14-13-19(20)15-21;1-22(2,3)29-21(28)24-12-18(19-7-6-17(13-26)30-19)20(27)25-16-5-4-15-11-23-9-8-14(15)10-16/h9-16,23H,17-18H2,1-8H3,(H,30,33)(H,31,32);4-11,18,26H,12-13H2,1-3H3,(H,24,28)(H,25,27). The van der Waals surface area contributed by atoms with Gasteiger partial charge in [0.05, 0.1) is 25.0 Å². The topological polar surface area (TPSA) is 190 Å². The molecule has 0 aliphatic rings. The summed E-state index contributed by atoms with van der Waals surface area (Å²) in [6.45, 7) is 22.4. The molecule has 17 heteroatoms. The third-order valence-corrected chi connectivity index (χ3v) is 17.6. The highest BCUT2D eigenvalue weighted by atomic mass is 32.1. The van der Waals surface area contributed by atoms with Crippen LogP contribution in [0, 0.1) is 0 Å². The zero-order valence-electron chi connectivity index (χ0n) is 40.2. The Kier molecular flexibility index (Phi) is 17.5. The van der Waals surface area contributed by atoms with E-state index in [0.717, 1.165) is 41.1 Å². The van der Waals surface area contributed by atoms with Gasteiger partial charge in [0.2, 0.25) is 11.8 Å². The molecule has 0 spiro atoms. The van der Waals surface area contributed by atoms with E-state index in [0.29, 0.717) is 18.0 Å². The summed E-state index contributed by atoms with van der Waals surface area (Å²) in [5, 5.41) is 24.8. The van der Waals surface area contributed by atoms with Crippen LogP contribution in [0.1, 0.15) is 93.7 Å². The Morgan fingerprint density at radius 2 is 1.04 bits per heavy atom. The fourth-order valence-electron chi connectivity index (χ4n) is 6.22. The number of pyridine rings is 2. The van der Waals surface area contributed by atoms with E-state index in [1.54, 1.807) is 78.5 Å². The van der Waals surface area contributed by atoms with Gasteiger partial charge < -0.3 is 40.3 Å². The third kappa shape index (κ3) is 16.0. The van der Waals surface area contributed by atoms with Crippen molar-refractivity contribution in [3.05, 3.63) is 117 Å². The minimum atomic E-state index is -1.90. The molecular weight excluding hydrogens is 905 g/mol. The number of alkyl carbamates (subject to hydrolysis) is 2. The molecule has 4 heterocycles. The summed E-state index contributed by atoms with van der Waals surface area (Å²) >= 11 is 2.87. The van der Waals surface area contributed by atoms with Crippen LogP contribution in [0.15, 0.2) is 97.6 Å². The van der Waals surface area contributed by atoms with Crippen molar-refractivity contribution in [2.45, 2.75) is 117 Å². The maximum Gasteiger partial charge on any atom is 0.407 e. The normalized spacial score (nSPS) is 12.9. The minimum absolute atomic E-state index is 0.0730. The van der Waals surface area contributed by atoms with Gasteiger partial charge in [-0.3, -0.25) is 19.6 Å². The quantitative estimate of drug-likeness (QED) is 0.0657. The first-order chi connectivity index (χ1) is 31.4. The van der Waals surface area contributed by atoms with Crippen molar-refractivity contribution < 1.29 is 38.2 Å². The van der Waals surface area contributed by atoms with Gasteiger partial charge in [-0.15, -0.1) is 22.7 Å². The summed E-state index contributed by atoms with van der Waals surface area (Å²) in [7, 11) is -1.90. The lowest BCUT2D eigenvalue weighted by Crippen LogP contribution is -2.40. The fraction of sp³-hybridized carbons (Fsp3) is 0.400. The number of aromatic nitrogens is 2. The maximum absolute atomic E-state index is 13.5. The molecule has 0 aliphatic carbocycles. The van der Waals surface area contributed by atoms with Gasteiger partial charge in [-0.05, 0) is 131 Å². The Bertz CT molecular complexity index is 2650. The zero-order valence-corrected chi connectivity index (χ0v) is 42.9. The van der Waals surface area contributed by atoms with Gasteiger partial charge in [0.1, 0.15) is 11.2 Å². The number of fused-ring (bicyclic) bond motifs is 2. The summed E-state index contributed by atoms with van der Waals surface area (Å²) in [6.07, 6.45) is 5.83. The SMILES string of the molecule is CC(C)(C)OC(=O)NCC(C(=O)Nc1ccc2cnccc2c1)c1ccc(CO)s1.CC(C)(C)OC(=O)NCC(C(=O)Nc1ccc2cnccc2c1)c1ccc(CO[Si](C)(C)C(C)(C)C)s1. The van der Waals surface area contributed by atoms with Crippen molar-refractivity contribution in [3.63, 3.8) is 0 Å². The number of carbonyl (C=O) groups is 4. The molecule has 6 rings (SSSR count). The van der Waals surface area contributed by atoms with Crippen molar-refractivity contribution in [1.82, 2.24) is 20.6 Å². The zero-order chi connectivity index (χ0) is 49.2. The molecule has 4 aromatic heterocycles. The summed E-state index contributed by atoms with van der Waals surface area (Å²) in [6, 6.07) is 22.6. The van der Waals surface area contributed by atoms with E-state index in [4.69, 9.17) is 13.9 Å². The predicted molar refractivity (Wildman–Crippen MR) is 271 cm³/mol. The van der Waals surface area contributed by atoms with E-state index in [2.05, 4.69) is 65.1 Å². The number of nitrogens with zero attached hydrogens (tertiary/aromatic N) is 2. The summed E-state index contributed by atoms with van der Waals surface area (Å²) < 4.78 is 17.0. The van der Waals surface area contributed by atoms with Crippen LogP contribution < -0.4 is 21.3 Å². The smallest absolute Gasteiger partial charge is 0.407 e. The Morgan fingerprint density at radius 1 is 0.612 bits per heavy atom. The molecular formula is C50H64N6O8S2Si. The van der Waals surface area contributed by atoms with E-state index in [1.165, 1.54) is 22.7 Å². The van der Waals surface area contributed by atoms with E-state index in [9.17, 15) is 24.3 Å². The first-order valence-electron chi connectivity index (χ1n) is 22.0. The monoisotopic (exact) mass is 968 g/mol. The summed E-state index contributed by atoms with van der Waals surface area (Å²) in [5.41, 5.74) is 0.0808. The van der Waals surface area contributed by atoms with Gasteiger partial charge in [0.15, 0.2) is 8.32 Å². The molecule has 6 aromatic rings. The van der Waals surface area contributed by atoms with Crippen molar-refractivity contribution >= 4 is 87.9 Å². The Balaban J connectivity index is 0.000000256. The first kappa shape index (κ1) is 52.2. The van der Waals surface area contributed by atoms with E-state index in [-0.39, 0.29) is 36.5 Å². The number of hydrogen-bond acceptors (Lipinski definition) is 12. The molecule has 2 aromatic carbocycles. The lowest BCUT2D eigenvalue weighted by Gasteiger charge is -2.36. The molecule has 0 aliphatic heterocycles. The van der Waals surface area contributed by atoms with Gasteiger partial charge in [-0.25, -0.2) is 9.59 Å². The van der Waals surface area contributed by atoms with Crippen LogP contribution in [0.2, 0.25) is 18.1 Å². The van der Waals surface area contributed by atoms with Crippen molar-refractivity contribution in [3.8, 4) is 0 Å². The van der Waals surface area contributed by atoms with Gasteiger partial charge in [-0.2, -0.15) is 0 Å². The molecule has 0 bridgehead atoms. The Hall–Kier alpha value is -5.72. The molecule has 4 amide bonds. The largest absolute Gasteiger partial charge is 0.444 e. The molecule has 14 nitrogen and oxygen atoms in total. The van der Waals surface area contributed by atoms with Gasteiger partial charge >= 0.3 is 12.2 Å². The number of carbonyl (C=O) groups excluding carboxylic acids is 4. The second kappa shape index (κ2) is 22.4. The molecule has 0 radical (unpaired) electrons. The second-order valence-corrected chi connectivity index (χ2v) is 26.7. The van der Waals surface area contributed by atoms with Crippen LogP contribution in [0.25, 0.3) is 21.5 Å². The number of nitrogens with one attached hydrogen (secondary N) is 4. The maximum atomic E-state index is 13.5. The van der Waals surface area contributed by atoms with Crippen molar-refractivity contribution in [1.29, 1.82) is 0 Å². The van der Waals surface area contributed by atoms with Crippen molar-refractivity contribution in [2.75, 3.05) is 23.7 Å². The van der Waals surface area contributed by atoms with Crippen molar-refractivity contribution in [2.24, 2.45) is 0 Å². The molecule has 5 N–H and O–H groups in total. The summed E-state index contributed by atoms with van der Waals surface area (Å²) in [4.78, 5) is 62.6. The lowest BCUT2D eigenvalue weighted by atomic mass is 10.1. The Morgan fingerprint density at radius 3 is 1.45 bits per heavy atom. The number of amides is 4. The first-order valence-corrected chi connectivity index (χ1v) is 26.6. The van der Waals surface area contributed by atoms with Crippen LogP contribution >= 0.6 is 22.7 Å². The van der Waals surface area contributed by atoms with Gasteiger partial charge in [0.25, 0.3) is 0 Å². The third-order valence-electron chi connectivity index (χ3n) is 10.7. The highest BCUT2D eigenvalue weighted by Gasteiger charge is 2.37. The molecule has 0 saturated carbocycles. The number of ether oxygens (including phenoxy) is 2. The predicted octanol–water partition coefficient (Wildman–Crippen LogP) is 11.1. The molecule has 67 heavy (non-hydrogen) atoms. The number of anilines is 2. The van der Waals surface area contributed by atoms with Gasteiger partial charge in [0, 0.05) is 79.5 Å². The van der Waals surface area contributed by atoms with E-state index < -0.39 is 43.5 Å². The molecule has 0 saturated heterocycles. The van der Waals surface area contributed by atoms with Crippen LogP contribution in [-0.4, -0.2) is 71.7 Å². The van der Waals surface area contributed by atoms with Crippen LogP contribution in [0.4, 0.5) is 21.0 Å². The number of benzene rings is 2. The molecule has 2 atom stereocenters. The second-order valence-electron chi connectivity index (χ2n) is 19.5. The fourth-order valence-corrected chi connectivity index (χ4v) is 9.27. The summed E-state index contributed by atoms with van der Waals surface area (Å²) in [5.74, 6) is -1.68. The van der Waals surface area contributed by atoms with Crippen LogP contribution in [-0.2, 0) is 36.7 Å². The average molecular weight is 969 g/mol. The molecule has 0 fully saturated rings. The van der Waals surface area contributed by atoms with E-state index in [1.807, 2.05) is 60.7 Å². The number of aliphatic hydroxyl groups is 1. The van der Waals surface area contributed by atoms with E-state index >= 15 is 0 Å². The number of rotatable bonds is 14. The van der Waals surface area contributed by atoms with Crippen LogP contribution in [0.5, 0.6) is 0 Å². The minimum Gasteiger partial charge on any atom is -0.444 e. The molecule has 2 unspecified atom stereocenters. The number of aliphatic hydroxyl groups excluding tert-OH is 1. The van der Waals surface area contributed by atoms with Crippen LogP contribution in [0.3, 0.4) is 0 Å². The highest BCUT2D eigenvalue weighted by Crippen LogP contribution is 2.38. The lowest BCUT2D eigenvalue weighted by molar-refractivity contribution is -0.118. The number of hydrogen-bond donors (Lipinski definition) is 5. The Labute approximate surface area is 402 Å². The molecule has 358 valence electrons.